The number of rotatable bonds is 7. The number of hydrogen-bond acceptors (Lipinski definition) is 1. The maximum Gasteiger partial charge on any atom is 0.321 e. The fourth-order valence-electron chi connectivity index (χ4n) is 3.01. The predicted molar refractivity (Wildman–Crippen MR) is 117 cm³/mol. The van der Waals surface area contributed by atoms with E-state index in [4.69, 9.17) is 11.6 Å². The van der Waals surface area contributed by atoms with Crippen LogP contribution in [0.25, 0.3) is 0 Å². The minimum Gasteiger partial charge on any atom is -0.324 e. The van der Waals surface area contributed by atoms with Gasteiger partial charge in [-0.15, -0.1) is 0 Å². The molecule has 1 N–H and O–H groups in total. The van der Waals surface area contributed by atoms with Crippen LogP contribution < -0.4 is 5.32 Å². The van der Waals surface area contributed by atoms with E-state index in [1.165, 1.54) is 11.1 Å². The third kappa shape index (κ3) is 5.86. The van der Waals surface area contributed by atoms with Crippen molar-refractivity contribution in [2.24, 2.45) is 0 Å². The van der Waals surface area contributed by atoms with Gasteiger partial charge in [-0.25, -0.2) is 4.79 Å². The highest BCUT2D eigenvalue weighted by Gasteiger charge is 2.14. The summed E-state index contributed by atoms with van der Waals surface area (Å²) in [5.74, 6) is 0. The molecule has 3 nitrogen and oxygen atoms in total. The fourth-order valence-corrected chi connectivity index (χ4v) is 3.19. The van der Waals surface area contributed by atoms with Crippen LogP contribution in [0.15, 0.2) is 78.9 Å². The zero-order valence-corrected chi connectivity index (χ0v) is 16.8. The third-order valence-electron chi connectivity index (χ3n) is 4.74. The summed E-state index contributed by atoms with van der Waals surface area (Å²) in [6, 6.07) is 26.0. The molecule has 0 unspecified atom stereocenters. The second-order valence-electron chi connectivity index (χ2n) is 6.85. The van der Waals surface area contributed by atoms with Crippen LogP contribution in [0.3, 0.4) is 0 Å². The van der Waals surface area contributed by atoms with Crippen LogP contribution in [-0.2, 0) is 12.8 Å². The van der Waals surface area contributed by atoms with Gasteiger partial charge >= 0.3 is 6.03 Å². The lowest BCUT2D eigenvalue weighted by Gasteiger charge is -2.23. The number of carbonyl (C=O) groups is 1. The molecule has 28 heavy (non-hydrogen) atoms. The molecule has 3 aromatic rings. The van der Waals surface area contributed by atoms with E-state index in [2.05, 4.69) is 29.6 Å². The molecule has 0 atom stereocenters. The van der Waals surface area contributed by atoms with Crippen molar-refractivity contribution < 1.29 is 4.79 Å². The summed E-state index contributed by atoms with van der Waals surface area (Å²) in [5, 5.41) is 3.64. The first kappa shape index (κ1) is 20.0. The van der Waals surface area contributed by atoms with E-state index in [0.717, 1.165) is 18.4 Å². The van der Waals surface area contributed by atoms with E-state index in [1.807, 2.05) is 60.4 Å². The molecule has 3 rings (SSSR count). The van der Waals surface area contributed by atoms with Gasteiger partial charge in [-0.3, -0.25) is 0 Å². The summed E-state index contributed by atoms with van der Waals surface area (Å²) in [6.07, 6.45) is 1.63. The van der Waals surface area contributed by atoms with Gasteiger partial charge in [0.1, 0.15) is 0 Å². The lowest BCUT2D eigenvalue weighted by Crippen LogP contribution is -2.38. The van der Waals surface area contributed by atoms with Crippen molar-refractivity contribution in [1.82, 2.24) is 4.90 Å². The predicted octanol–water partition coefficient (Wildman–Crippen LogP) is 5.97. The summed E-state index contributed by atoms with van der Waals surface area (Å²) in [7, 11) is 0. The van der Waals surface area contributed by atoms with Crippen molar-refractivity contribution in [2.45, 2.75) is 19.8 Å². The molecule has 0 saturated heterocycles. The number of benzene rings is 3. The monoisotopic (exact) mass is 392 g/mol. The Morgan fingerprint density at radius 2 is 1.39 bits per heavy atom. The van der Waals surface area contributed by atoms with Gasteiger partial charge < -0.3 is 10.2 Å². The van der Waals surface area contributed by atoms with Crippen molar-refractivity contribution in [1.29, 1.82) is 0 Å². The van der Waals surface area contributed by atoms with Crippen molar-refractivity contribution in [3.05, 3.63) is 101 Å². The minimum absolute atomic E-state index is 0.105. The Kier molecular flexibility index (Phi) is 7.10. The number of anilines is 1. The fraction of sp³-hybridized carbons (Fsp3) is 0.208. The van der Waals surface area contributed by atoms with E-state index in [-0.39, 0.29) is 6.03 Å². The van der Waals surface area contributed by atoms with Crippen molar-refractivity contribution in [3.63, 3.8) is 0 Å². The van der Waals surface area contributed by atoms with Crippen LogP contribution in [-0.4, -0.2) is 24.0 Å². The Balaban J connectivity index is 1.67. The smallest absolute Gasteiger partial charge is 0.321 e. The van der Waals surface area contributed by atoms with Gasteiger partial charge in [0.05, 0.1) is 0 Å². The lowest BCUT2D eigenvalue weighted by molar-refractivity contribution is 0.213. The van der Waals surface area contributed by atoms with E-state index in [1.54, 1.807) is 6.07 Å². The molecule has 3 aromatic carbocycles. The average Bonchev–Trinajstić information content (AvgIpc) is 2.72. The Hall–Kier alpha value is -2.78. The van der Waals surface area contributed by atoms with Crippen LogP contribution in [0.4, 0.5) is 10.5 Å². The van der Waals surface area contributed by atoms with Crippen LogP contribution in [0.5, 0.6) is 0 Å². The maximum absolute atomic E-state index is 12.9. The Bertz CT molecular complexity index is 853. The molecule has 0 heterocycles. The second kappa shape index (κ2) is 9.95. The standard InChI is InChI=1S/C24H25ClN2O/c1-19-12-13-22(18-23(19)25)26-24(28)27(16-14-20-8-4-2-5-9-20)17-15-21-10-6-3-7-11-21/h2-13,18H,14-17H2,1H3,(H,26,28). The number of halogens is 1. The molecular weight excluding hydrogens is 368 g/mol. The summed E-state index contributed by atoms with van der Waals surface area (Å²) in [4.78, 5) is 14.8. The largest absolute Gasteiger partial charge is 0.324 e. The highest BCUT2D eigenvalue weighted by Crippen LogP contribution is 2.20. The molecule has 0 radical (unpaired) electrons. The Labute approximate surface area is 172 Å². The molecule has 2 amide bonds. The molecule has 0 aliphatic carbocycles. The Morgan fingerprint density at radius 1 is 0.857 bits per heavy atom. The van der Waals surface area contributed by atoms with Crippen molar-refractivity contribution in [3.8, 4) is 0 Å². The van der Waals surface area contributed by atoms with Gasteiger partial charge in [0.25, 0.3) is 0 Å². The van der Waals surface area contributed by atoms with Gasteiger partial charge in [0.15, 0.2) is 0 Å². The minimum atomic E-state index is -0.105. The van der Waals surface area contributed by atoms with Crippen LogP contribution in [0.2, 0.25) is 5.02 Å². The Morgan fingerprint density at radius 3 is 1.89 bits per heavy atom. The van der Waals surface area contributed by atoms with Gasteiger partial charge in [-0.1, -0.05) is 78.3 Å². The first-order valence-electron chi connectivity index (χ1n) is 9.52. The molecule has 4 heteroatoms. The number of aryl methyl sites for hydroxylation is 1. The van der Waals surface area contributed by atoms with Crippen LogP contribution >= 0.6 is 11.6 Å². The molecule has 0 bridgehead atoms. The van der Waals surface area contributed by atoms with Gasteiger partial charge in [0.2, 0.25) is 0 Å². The van der Waals surface area contributed by atoms with E-state index >= 15 is 0 Å². The molecule has 0 fully saturated rings. The van der Waals surface area contributed by atoms with Crippen LogP contribution in [0.1, 0.15) is 16.7 Å². The molecule has 0 spiro atoms. The van der Waals surface area contributed by atoms with Gasteiger partial charge in [-0.2, -0.15) is 0 Å². The normalized spacial score (nSPS) is 10.5. The number of carbonyl (C=O) groups excluding carboxylic acids is 1. The zero-order chi connectivity index (χ0) is 19.8. The molecular formula is C24H25ClN2O. The highest BCUT2D eigenvalue weighted by atomic mass is 35.5. The molecule has 0 saturated carbocycles. The SMILES string of the molecule is Cc1ccc(NC(=O)N(CCc2ccccc2)CCc2ccccc2)cc1Cl. The number of nitrogens with one attached hydrogen (secondary N) is 1. The quantitative estimate of drug-likeness (QED) is 0.528. The van der Waals surface area contributed by atoms with Crippen molar-refractivity contribution in [2.75, 3.05) is 18.4 Å². The van der Waals surface area contributed by atoms with E-state index < -0.39 is 0 Å². The third-order valence-corrected chi connectivity index (χ3v) is 5.14. The number of urea groups is 1. The zero-order valence-electron chi connectivity index (χ0n) is 16.1. The summed E-state index contributed by atoms with van der Waals surface area (Å²) < 4.78 is 0. The molecule has 0 aliphatic heterocycles. The lowest BCUT2D eigenvalue weighted by atomic mass is 10.1. The molecule has 144 valence electrons. The topological polar surface area (TPSA) is 32.3 Å². The average molecular weight is 393 g/mol. The first-order chi connectivity index (χ1) is 13.6. The second-order valence-corrected chi connectivity index (χ2v) is 7.26. The molecule has 0 aromatic heterocycles. The molecule has 0 aliphatic rings. The van der Waals surface area contributed by atoms with Gasteiger partial charge in [0, 0.05) is 23.8 Å². The number of amides is 2. The van der Waals surface area contributed by atoms with Crippen molar-refractivity contribution >= 4 is 23.3 Å². The maximum atomic E-state index is 12.9. The highest BCUT2D eigenvalue weighted by molar-refractivity contribution is 6.31. The van der Waals surface area contributed by atoms with Gasteiger partial charge in [-0.05, 0) is 48.6 Å². The number of nitrogens with zero attached hydrogens (tertiary/aromatic N) is 1. The summed E-state index contributed by atoms with van der Waals surface area (Å²) in [6.45, 7) is 3.25. The van der Waals surface area contributed by atoms with E-state index in [9.17, 15) is 4.79 Å². The summed E-state index contributed by atoms with van der Waals surface area (Å²) >= 11 is 6.19. The number of hydrogen-bond donors (Lipinski definition) is 1. The van der Waals surface area contributed by atoms with E-state index in [0.29, 0.717) is 23.8 Å². The van der Waals surface area contributed by atoms with Crippen LogP contribution in [0, 0.1) is 6.92 Å². The summed E-state index contributed by atoms with van der Waals surface area (Å²) in [5.41, 5.74) is 4.14. The first-order valence-corrected chi connectivity index (χ1v) is 9.89.